The predicted octanol–water partition coefficient (Wildman–Crippen LogP) is 2.46. The summed E-state index contributed by atoms with van der Waals surface area (Å²) in [5.41, 5.74) is 2.09. The van der Waals surface area contributed by atoms with Crippen LogP contribution in [0, 0.1) is 10.1 Å². The number of anilines is 1. The van der Waals surface area contributed by atoms with Crippen molar-refractivity contribution in [1.29, 1.82) is 0 Å². The smallest absolute Gasteiger partial charge is 0.269 e. The molecule has 0 spiro atoms. The van der Waals surface area contributed by atoms with Crippen molar-refractivity contribution in [3.8, 4) is 0 Å². The average Bonchev–Trinajstić information content (AvgIpc) is 2.78. The van der Waals surface area contributed by atoms with Gasteiger partial charge in [0.1, 0.15) is 0 Å². The van der Waals surface area contributed by atoms with Crippen LogP contribution >= 0.6 is 12.4 Å². The molecular formula is C16H18ClN3O4S. The third-order valence-electron chi connectivity index (χ3n) is 3.90. The highest BCUT2D eigenvalue weighted by Crippen LogP contribution is 2.26. The summed E-state index contributed by atoms with van der Waals surface area (Å²) in [7, 11) is -3.58. The number of non-ortho nitro benzene ring substituents is 1. The monoisotopic (exact) mass is 383 g/mol. The van der Waals surface area contributed by atoms with Gasteiger partial charge in [-0.15, -0.1) is 12.4 Å². The minimum absolute atomic E-state index is 0. The minimum atomic E-state index is -3.58. The number of hydrogen-bond donors (Lipinski definition) is 1. The molecular weight excluding hydrogens is 366 g/mol. The van der Waals surface area contributed by atoms with Gasteiger partial charge in [-0.05, 0) is 17.2 Å². The van der Waals surface area contributed by atoms with Crippen molar-refractivity contribution in [1.82, 2.24) is 5.32 Å². The normalized spacial score (nSPS) is 14.2. The molecule has 0 saturated heterocycles. The van der Waals surface area contributed by atoms with Gasteiger partial charge in [0.2, 0.25) is 10.0 Å². The Morgan fingerprint density at radius 3 is 2.48 bits per heavy atom. The van der Waals surface area contributed by atoms with E-state index in [4.69, 9.17) is 0 Å². The van der Waals surface area contributed by atoms with Crippen LogP contribution in [-0.2, 0) is 22.3 Å². The van der Waals surface area contributed by atoms with Crippen molar-refractivity contribution < 1.29 is 13.3 Å². The zero-order valence-corrected chi connectivity index (χ0v) is 14.9. The Morgan fingerprint density at radius 1 is 1.12 bits per heavy atom. The van der Waals surface area contributed by atoms with E-state index >= 15 is 0 Å². The summed E-state index contributed by atoms with van der Waals surface area (Å²) in [6, 6.07) is 13.0. The maximum Gasteiger partial charge on any atom is 0.269 e. The summed E-state index contributed by atoms with van der Waals surface area (Å²) in [4.78, 5) is 10.2. The van der Waals surface area contributed by atoms with Gasteiger partial charge in [-0.25, -0.2) is 8.42 Å². The van der Waals surface area contributed by atoms with E-state index < -0.39 is 14.9 Å². The number of rotatable bonds is 4. The Balaban J connectivity index is 0.00000225. The highest BCUT2D eigenvalue weighted by atomic mass is 35.5. The average molecular weight is 384 g/mol. The Kier molecular flexibility index (Phi) is 5.99. The summed E-state index contributed by atoms with van der Waals surface area (Å²) in [5, 5.41) is 13.9. The van der Waals surface area contributed by atoms with Crippen LogP contribution in [0.4, 0.5) is 11.4 Å². The zero-order valence-electron chi connectivity index (χ0n) is 13.3. The summed E-state index contributed by atoms with van der Waals surface area (Å²) in [6.45, 7) is 1.54. The van der Waals surface area contributed by atoms with Gasteiger partial charge in [0.15, 0.2) is 0 Å². The van der Waals surface area contributed by atoms with Crippen molar-refractivity contribution in [2.24, 2.45) is 0 Å². The lowest BCUT2D eigenvalue weighted by molar-refractivity contribution is -0.384. The molecule has 0 fully saturated rings. The second kappa shape index (κ2) is 7.81. The summed E-state index contributed by atoms with van der Waals surface area (Å²) in [5.74, 6) is -0.195. The van der Waals surface area contributed by atoms with Crippen LogP contribution in [0.1, 0.15) is 11.1 Å². The van der Waals surface area contributed by atoms with Crippen LogP contribution in [0.25, 0.3) is 0 Å². The van der Waals surface area contributed by atoms with Crippen LogP contribution < -0.4 is 9.62 Å². The first-order valence-corrected chi connectivity index (χ1v) is 9.11. The molecule has 0 atom stereocenters. The highest BCUT2D eigenvalue weighted by molar-refractivity contribution is 7.92. The lowest BCUT2D eigenvalue weighted by Crippen LogP contribution is -2.35. The zero-order chi connectivity index (χ0) is 17.2. The van der Waals surface area contributed by atoms with Crippen molar-refractivity contribution >= 4 is 33.8 Å². The number of nitrogens with one attached hydrogen (secondary N) is 1. The summed E-state index contributed by atoms with van der Waals surface area (Å²) >= 11 is 0. The van der Waals surface area contributed by atoms with E-state index in [0.29, 0.717) is 30.9 Å². The lowest BCUT2D eigenvalue weighted by Gasteiger charge is -2.24. The molecule has 2 aromatic rings. The number of fused-ring (bicyclic) bond motifs is 1. The third-order valence-corrected chi connectivity index (χ3v) is 5.65. The van der Waals surface area contributed by atoms with Crippen LogP contribution in [0.2, 0.25) is 0 Å². The Labute approximate surface area is 152 Å². The Morgan fingerprint density at radius 2 is 1.80 bits per heavy atom. The second-order valence-electron chi connectivity index (χ2n) is 5.56. The molecule has 1 heterocycles. The Hall–Kier alpha value is -2.16. The fourth-order valence-corrected chi connectivity index (χ4v) is 4.34. The first-order chi connectivity index (χ1) is 11.5. The molecule has 0 bridgehead atoms. The number of nitro groups is 1. The van der Waals surface area contributed by atoms with Crippen molar-refractivity contribution in [3.63, 3.8) is 0 Å². The number of sulfonamides is 1. The van der Waals surface area contributed by atoms with Crippen LogP contribution in [0.3, 0.4) is 0 Å². The number of benzene rings is 2. The topological polar surface area (TPSA) is 92.5 Å². The molecule has 134 valence electrons. The molecule has 0 aliphatic carbocycles. The molecule has 9 heteroatoms. The van der Waals surface area contributed by atoms with E-state index in [1.807, 2.05) is 18.2 Å². The fourth-order valence-electron chi connectivity index (χ4n) is 2.72. The van der Waals surface area contributed by atoms with Crippen LogP contribution in [0.15, 0.2) is 48.5 Å². The SMILES string of the molecule is Cl.O=[N+]([O-])c1ccc(CS(=O)(=O)N2CCNCc3ccccc32)cc1. The second-order valence-corrected chi connectivity index (χ2v) is 7.45. The maximum atomic E-state index is 12.9. The van der Waals surface area contributed by atoms with E-state index in [-0.39, 0.29) is 23.8 Å². The van der Waals surface area contributed by atoms with Gasteiger partial charge in [0.05, 0.1) is 16.4 Å². The molecule has 0 aromatic heterocycles. The van der Waals surface area contributed by atoms with Crippen molar-refractivity contribution in [2.45, 2.75) is 12.3 Å². The van der Waals surface area contributed by atoms with Gasteiger partial charge in [-0.2, -0.15) is 0 Å². The molecule has 0 unspecified atom stereocenters. The van der Waals surface area contributed by atoms with Crippen molar-refractivity contribution in [3.05, 3.63) is 69.8 Å². The highest BCUT2D eigenvalue weighted by Gasteiger charge is 2.26. The van der Waals surface area contributed by atoms with E-state index in [9.17, 15) is 18.5 Å². The molecule has 2 aromatic carbocycles. The van der Waals surface area contributed by atoms with Gasteiger partial charge in [-0.1, -0.05) is 30.3 Å². The number of hydrogen-bond acceptors (Lipinski definition) is 5. The fraction of sp³-hybridized carbons (Fsp3) is 0.250. The molecule has 0 radical (unpaired) electrons. The van der Waals surface area contributed by atoms with E-state index in [1.54, 1.807) is 6.07 Å². The van der Waals surface area contributed by atoms with E-state index in [1.165, 1.54) is 28.6 Å². The van der Waals surface area contributed by atoms with Crippen molar-refractivity contribution in [2.75, 3.05) is 17.4 Å². The molecule has 0 amide bonds. The first kappa shape index (κ1) is 19.2. The van der Waals surface area contributed by atoms with E-state index in [2.05, 4.69) is 5.32 Å². The molecule has 1 aliphatic rings. The lowest BCUT2D eigenvalue weighted by atomic mass is 10.2. The number of halogens is 1. The van der Waals surface area contributed by atoms with Gasteiger partial charge in [0.25, 0.3) is 5.69 Å². The summed E-state index contributed by atoms with van der Waals surface area (Å²) < 4.78 is 27.1. The quantitative estimate of drug-likeness (QED) is 0.646. The van der Waals surface area contributed by atoms with Gasteiger partial charge >= 0.3 is 0 Å². The van der Waals surface area contributed by atoms with Gasteiger partial charge in [-0.3, -0.25) is 14.4 Å². The first-order valence-electron chi connectivity index (χ1n) is 7.50. The molecule has 25 heavy (non-hydrogen) atoms. The van der Waals surface area contributed by atoms with Crippen LogP contribution in [0.5, 0.6) is 0 Å². The van der Waals surface area contributed by atoms with Gasteiger partial charge in [0, 0.05) is 31.8 Å². The molecule has 1 N–H and O–H groups in total. The predicted molar refractivity (Wildman–Crippen MR) is 98.5 cm³/mol. The number of nitro benzene ring substituents is 1. The maximum absolute atomic E-state index is 12.9. The van der Waals surface area contributed by atoms with Gasteiger partial charge < -0.3 is 5.32 Å². The number of para-hydroxylation sites is 1. The largest absolute Gasteiger partial charge is 0.311 e. The minimum Gasteiger partial charge on any atom is -0.311 e. The molecule has 1 aliphatic heterocycles. The molecule has 3 rings (SSSR count). The van der Waals surface area contributed by atoms with Crippen LogP contribution in [-0.4, -0.2) is 26.4 Å². The van der Waals surface area contributed by atoms with E-state index in [0.717, 1.165) is 5.56 Å². The third kappa shape index (κ3) is 4.28. The Bertz CT molecular complexity index is 856. The summed E-state index contributed by atoms with van der Waals surface area (Å²) in [6.07, 6.45) is 0. The number of nitrogens with zero attached hydrogens (tertiary/aromatic N) is 2. The molecule has 0 saturated carbocycles. The molecule has 7 nitrogen and oxygen atoms in total. The standard InChI is InChI=1S/C16H17N3O4S.ClH/c20-19(21)15-7-5-13(6-8-15)12-24(22,23)18-10-9-17-11-14-3-1-2-4-16(14)18;/h1-8,17H,9-12H2;1H.